The summed E-state index contributed by atoms with van der Waals surface area (Å²) in [4.78, 5) is 29.7. The number of rotatable bonds is 8. The van der Waals surface area contributed by atoms with Crippen molar-refractivity contribution < 1.29 is 46.8 Å². The van der Waals surface area contributed by atoms with Crippen molar-refractivity contribution in [1.29, 1.82) is 0 Å². The molecule has 0 saturated heterocycles. The van der Waals surface area contributed by atoms with Crippen molar-refractivity contribution in [2.75, 3.05) is 20.3 Å². The quantitative estimate of drug-likeness (QED) is 0.216. The first-order valence-corrected chi connectivity index (χ1v) is 13.7. The van der Waals surface area contributed by atoms with E-state index in [2.05, 4.69) is 15.4 Å². The predicted molar refractivity (Wildman–Crippen MR) is 150 cm³/mol. The minimum atomic E-state index is -5.38. The molecule has 2 aromatic heterocycles. The molecule has 1 aliphatic carbocycles. The molecule has 11 nitrogen and oxygen atoms in total. The number of hydrogen-bond acceptors (Lipinski definition) is 8. The number of alkyl halides is 3. The van der Waals surface area contributed by atoms with Crippen molar-refractivity contribution in [3.8, 4) is 22.8 Å². The molecule has 3 heterocycles. The third kappa shape index (κ3) is 4.91. The summed E-state index contributed by atoms with van der Waals surface area (Å²) in [5.41, 5.74) is -1.72. The molecule has 15 heteroatoms. The smallest absolute Gasteiger partial charge is 0.424 e. The van der Waals surface area contributed by atoms with Crippen LogP contribution < -0.4 is 20.5 Å². The highest BCUT2D eigenvalue weighted by atomic mass is 19.4. The highest BCUT2D eigenvalue weighted by Crippen LogP contribution is 2.48. The van der Waals surface area contributed by atoms with Crippen molar-refractivity contribution in [3.63, 3.8) is 0 Å². The summed E-state index contributed by atoms with van der Waals surface area (Å²) in [6.45, 7) is -0.310. The van der Waals surface area contributed by atoms with Gasteiger partial charge in [-0.3, -0.25) is 9.59 Å². The van der Waals surface area contributed by atoms with E-state index in [1.807, 2.05) is 0 Å². The molecule has 2 atom stereocenters. The Kier molecular flexibility index (Phi) is 6.82. The number of benzene rings is 2. The Morgan fingerprint density at radius 2 is 1.87 bits per heavy atom. The van der Waals surface area contributed by atoms with Crippen molar-refractivity contribution >= 4 is 22.7 Å². The Balaban J connectivity index is 1.39. The third-order valence-corrected chi connectivity index (χ3v) is 8.31. The zero-order valence-corrected chi connectivity index (χ0v) is 23.9. The summed E-state index contributed by atoms with van der Waals surface area (Å²) in [6, 6.07) is 8.16. The van der Waals surface area contributed by atoms with Gasteiger partial charge in [0.15, 0.2) is 5.72 Å². The summed E-state index contributed by atoms with van der Waals surface area (Å²) < 4.78 is 70.1. The summed E-state index contributed by atoms with van der Waals surface area (Å²) >= 11 is 0. The molecular weight excluding hydrogens is 602 g/mol. The molecule has 2 amide bonds. The Hall–Kier alpha value is -4.76. The third-order valence-electron chi connectivity index (χ3n) is 8.31. The Labute approximate surface area is 252 Å². The van der Waals surface area contributed by atoms with E-state index in [0.717, 1.165) is 18.2 Å². The minimum Gasteiger partial charge on any atom is -0.494 e. The van der Waals surface area contributed by atoms with Crippen LogP contribution in [0.1, 0.15) is 41.4 Å². The SMILES string of the molecule is COc1cc(C(=O)NCC(O)(c2cc3c(c(-c4ccc(F)cc4)n2)OC[C@]3(C)C(N)=O)C(F)(F)F)cc2cn(C3(O)CC3)nc12. The summed E-state index contributed by atoms with van der Waals surface area (Å²) in [5, 5.41) is 28.5. The molecular formula is C30H27F4N5O6. The Morgan fingerprint density at radius 3 is 2.47 bits per heavy atom. The van der Waals surface area contributed by atoms with E-state index in [4.69, 9.17) is 15.2 Å². The first-order chi connectivity index (χ1) is 21.1. The number of pyridine rings is 1. The zero-order valence-electron chi connectivity index (χ0n) is 23.9. The van der Waals surface area contributed by atoms with Gasteiger partial charge in [-0.05, 0) is 49.4 Å². The van der Waals surface area contributed by atoms with E-state index in [9.17, 15) is 37.4 Å². The Morgan fingerprint density at radius 1 is 1.18 bits per heavy atom. The number of carbonyl (C=O) groups excluding carboxylic acids is 2. The normalized spacial score (nSPS) is 19.8. The van der Waals surface area contributed by atoms with Crippen LogP contribution in [0.5, 0.6) is 11.5 Å². The van der Waals surface area contributed by atoms with Crippen LogP contribution in [-0.4, -0.2) is 63.2 Å². The molecule has 2 aliphatic rings. The lowest BCUT2D eigenvalue weighted by Gasteiger charge is -2.31. The maximum absolute atomic E-state index is 14.7. The van der Waals surface area contributed by atoms with Crippen LogP contribution >= 0.6 is 0 Å². The largest absolute Gasteiger partial charge is 0.494 e. The maximum Gasteiger partial charge on any atom is 0.424 e. The average Bonchev–Trinajstić information content (AvgIpc) is 3.43. The standard InChI is InChI=1S/C30H27F4N5O6/c1-27(26(35)41)14-45-24-19(27)11-21(37-23(24)15-3-5-18(31)6-4-15)29(43,30(32,33)34)13-36-25(40)16-9-17-12-39(28(42)7-8-28)38-22(17)20(10-16)44-2/h3-6,9-12,42-43H,7-8,13-14H2,1-2H3,(H2,35,41)(H,36,40)/t27-,29?/m0/s1. The van der Waals surface area contributed by atoms with E-state index in [1.54, 1.807) is 0 Å². The molecule has 1 fully saturated rings. The van der Waals surface area contributed by atoms with Crippen molar-refractivity contribution in [3.05, 3.63) is 71.3 Å². The van der Waals surface area contributed by atoms with Crippen LogP contribution in [0.25, 0.3) is 22.2 Å². The first-order valence-electron chi connectivity index (χ1n) is 13.7. The number of amides is 2. The van der Waals surface area contributed by atoms with Gasteiger partial charge in [-0.1, -0.05) is 0 Å². The molecule has 45 heavy (non-hydrogen) atoms. The van der Waals surface area contributed by atoms with E-state index >= 15 is 0 Å². The molecule has 1 aliphatic heterocycles. The maximum atomic E-state index is 14.7. The van der Waals surface area contributed by atoms with Crippen molar-refractivity contribution in [2.24, 2.45) is 5.73 Å². The van der Waals surface area contributed by atoms with Crippen LogP contribution in [0.15, 0.2) is 48.7 Å². The van der Waals surface area contributed by atoms with E-state index in [-0.39, 0.29) is 40.5 Å². The molecule has 1 saturated carbocycles. The van der Waals surface area contributed by atoms with Gasteiger partial charge < -0.3 is 30.7 Å². The first kappa shape index (κ1) is 30.3. The van der Waals surface area contributed by atoms with Gasteiger partial charge in [-0.15, -0.1) is 0 Å². The fraction of sp³-hybridized carbons (Fsp3) is 0.333. The molecule has 1 unspecified atom stereocenters. The van der Waals surface area contributed by atoms with E-state index in [1.165, 1.54) is 49.2 Å². The number of carbonyl (C=O) groups is 2. The summed E-state index contributed by atoms with van der Waals surface area (Å²) in [5.74, 6) is -2.40. The van der Waals surface area contributed by atoms with Gasteiger partial charge in [0.25, 0.3) is 5.91 Å². The topological polar surface area (TPSA) is 162 Å². The van der Waals surface area contributed by atoms with Crippen LogP contribution in [0.3, 0.4) is 0 Å². The number of nitrogens with one attached hydrogen (secondary N) is 1. The average molecular weight is 630 g/mol. The summed E-state index contributed by atoms with van der Waals surface area (Å²) in [6.07, 6.45) is -2.92. The fourth-order valence-corrected chi connectivity index (χ4v) is 5.19. The fourth-order valence-electron chi connectivity index (χ4n) is 5.19. The number of aromatic nitrogens is 3. The number of fused-ring (bicyclic) bond motifs is 2. The molecule has 236 valence electrons. The molecule has 5 N–H and O–H groups in total. The molecule has 2 aromatic carbocycles. The van der Waals surface area contributed by atoms with Crippen molar-refractivity contribution in [1.82, 2.24) is 20.1 Å². The van der Waals surface area contributed by atoms with Crippen LogP contribution in [0.2, 0.25) is 0 Å². The second-order valence-corrected chi connectivity index (χ2v) is 11.4. The van der Waals surface area contributed by atoms with Gasteiger partial charge in [-0.25, -0.2) is 14.1 Å². The van der Waals surface area contributed by atoms with Crippen LogP contribution in [-0.2, 0) is 21.5 Å². The number of methoxy groups -OCH3 is 1. The van der Waals surface area contributed by atoms with E-state index in [0.29, 0.717) is 23.7 Å². The number of nitrogens with zero attached hydrogens (tertiary/aromatic N) is 3. The lowest BCUT2D eigenvalue weighted by Crippen LogP contribution is -2.51. The monoisotopic (exact) mass is 629 g/mol. The number of nitrogens with two attached hydrogens (primary N) is 1. The van der Waals surface area contributed by atoms with E-state index < -0.39 is 52.8 Å². The number of ether oxygens (including phenoxy) is 2. The highest BCUT2D eigenvalue weighted by molar-refractivity contribution is 6.00. The lowest BCUT2D eigenvalue weighted by atomic mass is 9.81. The molecule has 0 spiro atoms. The second-order valence-electron chi connectivity index (χ2n) is 11.4. The van der Waals surface area contributed by atoms with Crippen LogP contribution in [0.4, 0.5) is 17.6 Å². The Bertz CT molecular complexity index is 1860. The van der Waals surface area contributed by atoms with Gasteiger partial charge in [-0.2, -0.15) is 18.3 Å². The number of aliphatic hydroxyl groups is 2. The van der Waals surface area contributed by atoms with Crippen molar-refractivity contribution in [2.45, 2.75) is 42.7 Å². The summed E-state index contributed by atoms with van der Waals surface area (Å²) in [7, 11) is 1.32. The van der Waals surface area contributed by atoms with Gasteiger partial charge >= 0.3 is 6.18 Å². The predicted octanol–water partition coefficient (Wildman–Crippen LogP) is 3.00. The minimum absolute atomic E-state index is 0.0444. The van der Waals surface area contributed by atoms with Gasteiger partial charge in [0.05, 0.1) is 19.3 Å². The van der Waals surface area contributed by atoms with Crippen LogP contribution in [0, 0.1) is 5.82 Å². The lowest BCUT2D eigenvalue weighted by molar-refractivity contribution is -0.265. The number of primary amides is 1. The molecule has 4 aromatic rings. The zero-order chi connectivity index (χ0) is 32.5. The van der Waals surface area contributed by atoms with Gasteiger partial charge in [0.1, 0.15) is 40.5 Å². The number of hydrogen-bond donors (Lipinski definition) is 4. The van der Waals surface area contributed by atoms with Gasteiger partial charge in [0, 0.05) is 41.1 Å². The molecule has 6 rings (SSSR count). The molecule has 0 bridgehead atoms. The second kappa shape index (κ2) is 10.1. The molecule has 0 radical (unpaired) electrons. The highest BCUT2D eigenvalue weighted by Gasteiger charge is 2.57. The van der Waals surface area contributed by atoms with Gasteiger partial charge in [0.2, 0.25) is 11.5 Å². The number of halogens is 4.